The van der Waals surface area contributed by atoms with Crippen LogP contribution in [0.4, 0.5) is 0 Å². The summed E-state index contributed by atoms with van der Waals surface area (Å²) in [5.74, 6) is 0.335. The van der Waals surface area contributed by atoms with Crippen LogP contribution in [0.3, 0.4) is 0 Å². The summed E-state index contributed by atoms with van der Waals surface area (Å²) in [6.45, 7) is 12.1. The molecule has 0 rings (SSSR count). The zero-order chi connectivity index (χ0) is 13.6. The van der Waals surface area contributed by atoms with Crippen LogP contribution >= 0.6 is 0 Å². The van der Waals surface area contributed by atoms with Gasteiger partial charge in [0, 0.05) is 12.0 Å². The van der Waals surface area contributed by atoms with E-state index in [1.165, 1.54) is 0 Å². The van der Waals surface area contributed by atoms with Crippen LogP contribution in [0.15, 0.2) is 0 Å². The largest absolute Gasteiger partial charge is 0.354 e. The monoisotopic (exact) mass is 242 g/mol. The molecule has 0 saturated carbocycles. The maximum atomic E-state index is 11.7. The maximum Gasteiger partial charge on any atom is 0.242 e. The first-order valence-corrected chi connectivity index (χ1v) is 6.23. The van der Waals surface area contributed by atoms with Crippen molar-refractivity contribution >= 4 is 11.8 Å². The van der Waals surface area contributed by atoms with Gasteiger partial charge in [0.1, 0.15) is 6.04 Å². The van der Waals surface area contributed by atoms with Gasteiger partial charge in [0.25, 0.3) is 0 Å². The summed E-state index contributed by atoms with van der Waals surface area (Å²) < 4.78 is 0. The highest BCUT2D eigenvalue weighted by Gasteiger charge is 2.24. The van der Waals surface area contributed by atoms with Gasteiger partial charge in [-0.2, -0.15) is 0 Å². The van der Waals surface area contributed by atoms with E-state index >= 15 is 0 Å². The van der Waals surface area contributed by atoms with Crippen molar-refractivity contribution in [1.82, 2.24) is 10.6 Å². The molecule has 4 heteroatoms. The van der Waals surface area contributed by atoms with Crippen molar-refractivity contribution in [2.45, 2.75) is 54.0 Å². The third-order valence-corrected chi connectivity index (χ3v) is 2.44. The highest BCUT2D eigenvalue weighted by atomic mass is 16.2. The van der Waals surface area contributed by atoms with E-state index in [-0.39, 0.29) is 11.8 Å². The maximum absolute atomic E-state index is 11.7. The van der Waals surface area contributed by atoms with Crippen molar-refractivity contribution in [3.63, 3.8) is 0 Å². The Hall–Kier alpha value is -1.06. The highest BCUT2D eigenvalue weighted by Crippen LogP contribution is 2.12. The Bertz CT molecular complexity index is 267. The molecule has 2 N–H and O–H groups in total. The van der Waals surface area contributed by atoms with Gasteiger partial charge in [-0.25, -0.2) is 0 Å². The van der Waals surface area contributed by atoms with E-state index in [0.717, 1.165) is 6.42 Å². The molecule has 1 atom stereocenters. The summed E-state index contributed by atoms with van der Waals surface area (Å²) >= 11 is 0. The molecular formula is C13H26N2O2. The minimum atomic E-state index is -0.478. The molecule has 1 unspecified atom stereocenters. The number of rotatable bonds is 5. The van der Waals surface area contributed by atoms with E-state index in [2.05, 4.69) is 24.5 Å². The van der Waals surface area contributed by atoms with Crippen LogP contribution in [-0.4, -0.2) is 24.4 Å². The van der Waals surface area contributed by atoms with E-state index < -0.39 is 11.5 Å². The average Bonchev–Trinajstić information content (AvgIpc) is 2.15. The van der Waals surface area contributed by atoms with Crippen LogP contribution in [0.2, 0.25) is 0 Å². The molecular weight excluding hydrogens is 216 g/mol. The number of hydrogen-bond donors (Lipinski definition) is 2. The molecule has 0 radical (unpaired) electrons. The summed E-state index contributed by atoms with van der Waals surface area (Å²) in [4.78, 5) is 23.3. The second-order valence-electron chi connectivity index (χ2n) is 5.92. The fourth-order valence-electron chi connectivity index (χ4n) is 1.12. The third kappa shape index (κ3) is 6.97. The molecule has 0 aliphatic rings. The van der Waals surface area contributed by atoms with Crippen LogP contribution in [0.5, 0.6) is 0 Å². The zero-order valence-corrected chi connectivity index (χ0v) is 11.9. The Morgan fingerprint density at radius 1 is 1.12 bits per heavy atom. The molecule has 0 aromatic carbocycles. The van der Waals surface area contributed by atoms with Gasteiger partial charge in [-0.3, -0.25) is 9.59 Å². The molecule has 0 aromatic heterocycles. The standard InChI is InChI=1S/C13H26N2O2/c1-9(2)7-8-14-11(16)10(3)15-12(17)13(4,5)6/h9-10H,7-8H2,1-6H3,(H,14,16)(H,15,17). The predicted molar refractivity (Wildman–Crippen MR) is 69.5 cm³/mol. The summed E-state index contributed by atoms with van der Waals surface area (Å²) in [6.07, 6.45) is 0.950. The van der Waals surface area contributed by atoms with Gasteiger partial charge < -0.3 is 10.6 Å². The summed E-state index contributed by atoms with van der Waals surface area (Å²) in [7, 11) is 0. The van der Waals surface area contributed by atoms with Gasteiger partial charge in [-0.15, -0.1) is 0 Å². The third-order valence-electron chi connectivity index (χ3n) is 2.44. The quantitative estimate of drug-likeness (QED) is 0.771. The van der Waals surface area contributed by atoms with Gasteiger partial charge in [0.2, 0.25) is 11.8 Å². The Morgan fingerprint density at radius 2 is 1.65 bits per heavy atom. The van der Waals surface area contributed by atoms with Gasteiger partial charge >= 0.3 is 0 Å². The molecule has 0 heterocycles. The first kappa shape index (κ1) is 15.9. The molecule has 0 fully saturated rings. The highest BCUT2D eigenvalue weighted by molar-refractivity contribution is 5.89. The van der Waals surface area contributed by atoms with Gasteiger partial charge in [-0.05, 0) is 19.3 Å². The second kappa shape index (κ2) is 6.62. The van der Waals surface area contributed by atoms with Crippen LogP contribution in [0.25, 0.3) is 0 Å². The molecule has 0 spiro atoms. The van der Waals surface area contributed by atoms with Crippen LogP contribution in [0.1, 0.15) is 48.0 Å². The number of carbonyl (C=O) groups excluding carboxylic acids is 2. The first-order chi connectivity index (χ1) is 7.64. The molecule has 4 nitrogen and oxygen atoms in total. The summed E-state index contributed by atoms with van der Waals surface area (Å²) in [5, 5.41) is 5.52. The van der Waals surface area contributed by atoms with E-state index in [1.54, 1.807) is 6.92 Å². The molecule has 0 aliphatic carbocycles. The minimum Gasteiger partial charge on any atom is -0.354 e. The molecule has 100 valence electrons. The number of amides is 2. The van der Waals surface area contributed by atoms with Crippen molar-refractivity contribution in [1.29, 1.82) is 0 Å². The number of carbonyl (C=O) groups is 2. The molecule has 0 bridgehead atoms. The number of nitrogens with one attached hydrogen (secondary N) is 2. The Labute approximate surface area is 105 Å². The molecule has 2 amide bonds. The lowest BCUT2D eigenvalue weighted by molar-refractivity contribution is -0.133. The topological polar surface area (TPSA) is 58.2 Å². The van der Waals surface area contributed by atoms with Crippen molar-refractivity contribution in [3.8, 4) is 0 Å². The van der Waals surface area contributed by atoms with E-state index in [1.807, 2.05) is 20.8 Å². The lowest BCUT2D eigenvalue weighted by atomic mass is 9.95. The van der Waals surface area contributed by atoms with Crippen LogP contribution in [-0.2, 0) is 9.59 Å². The van der Waals surface area contributed by atoms with Gasteiger partial charge in [0.05, 0.1) is 0 Å². The second-order valence-corrected chi connectivity index (χ2v) is 5.92. The average molecular weight is 242 g/mol. The van der Waals surface area contributed by atoms with Crippen LogP contribution < -0.4 is 10.6 Å². The van der Waals surface area contributed by atoms with Crippen molar-refractivity contribution in [2.24, 2.45) is 11.3 Å². The van der Waals surface area contributed by atoms with E-state index in [0.29, 0.717) is 12.5 Å². The SMILES string of the molecule is CC(C)CCNC(=O)C(C)NC(=O)C(C)(C)C. The van der Waals surface area contributed by atoms with E-state index in [9.17, 15) is 9.59 Å². The fraction of sp³-hybridized carbons (Fsp3) is 0.846. The minimum absolute atomic E-state index is 0.107. The van der Waals surface area contributed by atoms with E-state index in [4.69, 9.17) is 0 Å². The Balaban J connectivity index is 4.02. The molecule has 0 aliphatic heterocycles. The summed E-state index contributed by atoms with van der Waals surface area (Å²) in [5.41, 5.74) is -0.466. The van der Waals surface area contributed by atoms with Gasteiger partial charge in [0.15, 0.2) is 0 Å². The fourth-order valence-corrected chi connectivity index (χ4v) is 1.12. The zero-order valence-electron chi connectivity index (χ0n) is 11.9. The summed E-state index contributed by atoms with van der Waals surface area (Å²) in [6, 6.07) is -0.478. The normalized spacial score (nSPS) is 13.4. The first-order valence-electron chi connectivity index (χ1n) is 6.23. The predicted octanol–water partition coefficient (Wildman–Crippen LogP) is 1.70. The Morgan fingerprint density at radius 3 is 2.06 bits per heavy atom. The Kier molecular flexibility index (Phi) is 6.21. The van der Waals surface area contributed by atoms with Crippen molar-refractivity contribution < 1.29 is 9.59 Å². The van der Waals surface area contributed by atoms with Crippen molar-refractivity contribution in [2.75, 3.05) is 6.54 Å². The lowest BCUT2D eigenvalue weighted by Crippen LogP contribution is -2.48. The molecule has 0 saturated heterocycles. The lowest BCUT2D eigenvalue weighted by Gasteiger charge is -2.21. The van der Waals surface area contributed by atoms with Gasteiger partial charge in [-0.1, -0.05) is 34.6 Å². The smallest absolute Gasteiger partial charge is 0.242 e. The molecule has 0 aromatic rings. The van der Waals surface area contributed by atoms with Crippen LogP contribution in [0, 0.1) is 11.3 Å². The molecule has 17 heavy (non-hydrogen) atoms. The van der Waals surface area contributed by atoms with Crippen molar-refractivity contribution in [3.05, 3.63) is 0 Å². The number of hydrogen-bond acceptors (Lipinski definition) is 2.